The third-order valence-electron chi connectivity index (χ3n) is 3.02. The number of hydrogen-bond donors (Lipinski definition) is 1. The van der Waals surface area contributed by atoms with Gasteiger partial charge in [-0.3, -0.25) is 4.90 Å². The van der Waals surface area contributed by atoms with Gasteiger partial charge >= 0.3 is 5.97 Å². The van der Waals surface area contributed by atoms with E-state index in [1.165, 1.54) is 12.3 Å². The molecule has 1 heterocycles. The maximum Gasteiger partial charge on any atom is 0.339 e. The van der Waals surface area contributed by atoms with Crippen LogP contribution in [0.3, 0.4) is 0 Å². The fourth-order valence-electron chi connectivity index (χ4n) is 2.08. The van der Waals surface area contributed by atoms with Crippen molar-refractivity contribution in [2.24, 2.45) is 0 Å². The molecule has 0 aliphatic carbocycles. The Morgan fingerprint density at radius 2 is 2.05 bits per heavy atom. The summed E-state index contributed by atoms with van der Waals surface area (Å²) in [5, 5.41) is 9.04. The average molecular weight is 275 g/mol. The number of carbonyl (C=O) groups is 1. The Bertz CT molecular complexity index is 591. The lowest BCUT2D eigenvalue weighted by Crippen LogP contribution is -2.18. The molecule has 20 heavy (non-hydrogen) atoms. The van der Waals surface area contributed by atoms with E-state index in [1.54, 1.807) is 7.11 Å². The van der Waals surface area contributed by atoms with Gasteiger partial charge in [0.2, 0.25) is 0 Å². The summed E-state index contributed by atoms with van der Waals surface area (Å²) < 4.78 is 10.5. The van der Waals surface area contributed by atoms with Crippen molar-refractivity contribution in [2.75, 3.05) is 14.2 Å². The SMILES string of the molecule is COc1ccccc1CN(C)Cc1occc1C(=O)O. The smallest absolute Gasteiger partial charge is 0.339 e. The molecule has 2 aromatic rings. The second-order valence-corrected chi connectivity index (χ2v) is 4.55. The first-order valence-electron chi connectivity index (χ1n) is 6.22. The molecule has 0 amide bonds. The van der Waals surface area contributed by atoms with Gasteiger partial charge in [-0.15, -0.1) is 0 Å². The predicted octanol–water partition coefficient (Wildman–Crippen LogP) is 2.62. The summed E-state index contributed by atoms with van der Waals surface area (Å²) in [6.45, 7) is 1.07. The lowest BCUT2D eigenvalue weighted by Gasteiger charge is -2.17. The van der Waals surface area contributed by atoms with Crippen molar-refractivity contribution in [1.82, 2.24) is 4.90 Å². The van der Waals surface area contributed by atoms with Gasteiger partial charge in [-0.2, -0.15) is 0 Å². The molecule has 0 fully saturated rings. The van der Waals surface area contributed by atoms with Crippen LogP contribution in [0.25, 0.3) is 0 Å². The number of furan rings is 1. The highest BCUT2D eigenvalue weighted by atomic mass is 16.5. The standard InChI is InChI=1S/C15H17NO4/c1-16(9-11-5-3-4-6-13(11)19-2)10-14-12(15(17)18)7-8-20-14/h3-8H,9-10H2,1-2H3,(H,17,18). The Labute approximate surface area is 117 Å². The molecule has 0 saturated carbocycles. The molecule has 0 unspecified atom stereocenters. The van der Waals surface area contributed by atoms with Crippen LogP contribution in [-0.2, 0) is 13.1 Å². The van der Waals surface area contributed by atoms with E-state index in [0.717, 1.165) is 11.3 Å². The Balaban J connectivity index is 2.07. The van der Waals surface area contributed by atoms with E-state index in [1.807, 2.05) is 36.2 Å². The number of para-hydroxylation sites is 1. The van der Waals surface area contributed by atoms with E-state index in [9.17, 15) is 4.79 Å². The summed E-state index contributed by atoms with van der Waals surface area (Å²) in [5.74, 6) is 0.298. The minimum atomic E-state index is -0.973. The number of carboxylic acids is 1. The van der Waals surface area contributed by atoms with Gasteiger partial charge < -0.3 is 14.3 Å². The summed E-state index contributed by atoms with van der Waals surface area (Å²) in [5.41, 5.74) is 1.25. The second kappa shape index (κ2) is 6.25. The van der Waals surface area contributed by atoms with Gasteiger partial charge in [0, 0.05) is 12.1 Å². The van der Waals surface area contributed by atoms with Crippen molar-refractivity contribution in [3.8, 4) is 5.75 Å². The Kier molecular flexibility index (Phi) is 4.42. The van der Waals surface area contributed by atoms with Crippen LogP contribution in [-0.4, -0.2) is 30.1 Å². The van der Waals surface area contributed by atoms with Gasteiger partial charge in [0.25, 0.3) is 0 Å². The maximum atomic E-state index is 11.0. The fourth-order valence-corrected chi connectivity index (χ4v) is 2.08. The summed E-state index contributed by atoms with van der Waals surface area (Å²) in [6, 6.07) is 9.21. The molecule has 5 nitrogen and oxygen atoms in total. The highest BCUT2D eigenvalue weighted by Crippen LogP contribution is 2.20. The Morgan fingerprint density at radius 3 is 2.75 bits per heavy atom. The molecule has 2 rings (SSSR count). The number of rotatable bonds is 6. The molecule has 5 heteroatoms. The van der Waals surface area contributed by atoms with Gasteiger partial charge in [-0.25, -0.2) is 4.79 Å². The fraction of sp³-hybridized carbons (Fsp3) is 0.267. The molecule has 0 bridgehead atoms. The zero-order valence-electron chi connectivity index (χ0n) is 11.5. The highest BCUT2D eigenvalue weighted by molar-refractivity contribution is 5.88. The van der Waals surface area contributed by atoms with Crippen LogP contribution in [0.4, 0.5) is 0 Å². The molecular formula is C15H17NO4. The van der Waals surface area contributed by atoms with Crippen LogP contribution >= 0.6 is 0 Å². The van der Waals surface area contributed by atoms with Crippen molar-refractivity contribution < 1.29 is 19.1 Å². The topological polar surface area (TPSA) is 62.9 Å². The lowest BCUT2D eigenvalue weighted by molar-refractivity contribution is 0.0693. The van der Waals surface area contributed by atoms with Crippen LogP contribution in [0.2, 0.25) is 0 Å². The van der Waals surface area contributed by atoms with Crippen LogP contribution < -0.4 is 4.74 Å². The number of ether oxygens (including phenoxy) is 1. The molecule has 0 spiro atoms. The first-order valence-corrected chi connectivity index (χ1v) is 6.22. The Morgan fingerprint density at radius 1 is 1.30 bits per heavy atom. The molecule has 0 aliphatic rings. The van der Waals surface area contributed by atoms with Gasteiger partial charge in [0.1, 0.15) is 17.1 Å². The average Bonchev–Trinajstić information content (AvgIpc) is 2.87. The number of nitrogens with zero attached hydrogens (tertiary/aromatic N) is 1. The number of methoxy groups -OCH3 is 1. The van der Waals surface area contributed by atoms with Gasteiger partial charge in [0.05, 0.1) is 19.9 Å². The summed E-state index contributed by atoms with van der Waals surface area (Å²) in [7, 11) is 3.54. The van der Waals surface area contributed by atoms with Crippen molar-refractivity contribution in [1.29, 1.82) is 0 Å². The quantitative estimate of drug-likeness (QED) is 0.878. The van der Waals surface area contributed by atoms with Crippen LogP contribution in [0.1, 0.15) is 21.7 Å². The molecule has 0 atom stereocenters. The normalized spacial score (nSPS) is 10.8. The zero-order chi connectivity index (χ0) is 14.5. The van der Waals surface area contributed by atoms with E-state index in [2.05, 4.69) is 0 Å². The van der Waals surface area contributed by atoms with E-state index < -0.39 is 5.97 Å². The van der Waals surface area contributed by atoms with E-state index >= 15 is 0 Å². The van der Waals surface area contributed by atoms with E-state index in [4.69, 9.17) is 14.3 Å². The zero-order valence-corrected chi connectivity index (χ0v) is 11.5. The summed E-state index contributed by atoms with van der Waals surface area (Å²) in [4.78, 5) is 13.0. The van der Waals surface area contributed by atoms with Crippen molar-refractivity contribution in [3.05, 3.63) is 53.5 Å². The second-order valence-electron chi connectivity index (χ2n) is 4.55. The third kappa shape index (κ3) is 3.19. The first kappa shape index (κ1) is 14.1. The number of hydrogen-bond acceptors (Lipinski definition) is 4. The minimum Gasteiger partial charge on any atom is -0.496 e. The largest absolute Gasteiger partial charge is 0.496 e. The number of aromatic carboxylic acids is 1. The molecule has 1 N–H and O–H groups in total. The predicted molar refractivity (Wildman–Crippen MR) is 73.8 cm³/mol. The molecular weight excluding hydrogens is 258 g/mol. The van der Waals surface area contributed by atoms with Crippen LogP contribution in [0.5, 0.6) is 5.75 Å². The lowest BCUT2D eigenvalue weighted by atomic mass is 10.2. The highest BCUT2D eigenvalue weighted by Gasteiger charge is 2.15. The monoisotopic (exact) mass is 275 g/mol. The molecule has 0 saturated heterocycles. The Hall–Kier alpha value is -2.27. The van der Waals surface area contributed by atoms with Gasteiger partial charge in [-0.1, -0.05) is 18.2 Å². The molecule has 1 aromatic heterocycles. The maximum absolute atomic E-state index is 11.0. The minimum absolute atomic E-state index is 0.205. The van der Waals surface area contributed by atoms with Crippen LogP contribution in [0, 0.1) is 0 Å². The van der Waals surface area contributed by atoms with Crippen molar-refractivity contribution in [3.63, 3.8) is 0 Å². The van der Waals surface area contributed by atoms with Crippen molar-refractivity contribution in [2.45, 2.75) is 13.1 Å². The summed E-state index contributed by atoms with van der Waals surface area (Å²) >= 11 is 0. The van der Waals surface area contributed by atoms with Crippen LogP contribution in [0.15, 0.2) is 41.0 Å². The van der Waals surface area contributed by atoms with E-state index in [-0.39, 0.29) is 5.56 Å². The van der Waals surface area contributed by atoms with Crippen molar-refractivity contribution >= 4 is 5.97 Å². The molecule has 0 radical (unpaired) electrons. The summed E-state index contributed by atoms with van der Waals surface area (Å²) in [6.07, 6.45) is 1.40. The number of benzene rings is 1. The number of carboxylic acid groups (broad SMARTS) is 1. The molecule has 1 aromatic carbocycles. The third-order valence-corrected chi connectivity index (χ3v) is 3.02. The van der Waals surface area contributed by atoms with Gasteiger partial charge in [0.15, 0.2) is 0 Å². The first-order chi connectivity index (χ1) is 9.61. The van der Waals surface area contributed by atoms with E-state index in [0.29, 0.717) is 18.8 Å². The molecule has 106 valence electrons. The van der Waals surface area contributed by atoms with Gasteiger partial charge in [-0.05, 0) is 19.2 Å². The molecule has 0 aliphatic heterocycles.